The molecule has 30 heavy (non-hydrogen) atoms. The summed E-state index contributed by atoms with van der Waals surface area (Å²) in [7, 11) is 1.61. The molecule has 0 radical (unpaired) electrons. The Kier molecular flexibility index (Phi) is 5.80. The minimum atomic E-state index is -2.67. The van der Waals surface area contributed by atoms with Crippen molar-refractivity contribution in [3.8, 4) is 17.1 Å². The van der Waals surface area contributed by atoms with E-state index in [1.165, 1.54) is 11.8 Å². The molecule has 0 N–H and O–H groups in total. The van der Waals surface area contributed by atoms with Crippen molar-refractivity contribution in [3.63, 3.8) is 0 Å². The molecule has 0 fully saturated rings. The van der Waals surface area contributed by atoms with Crippen LogP contribution in [0.1, 0.15) is 12.4 Å². The molecule has 0 bridgehead atoms. The van der Waals surface area contributed by atoms with Gasteiger partial charge in [-0.2, -0.15) is 8.78 Å². The topological polar surface area (TPSA) is 57.8 Å². The van der Waals surface area contributed by atoms with Crippen molar-refractivity contribution < 1.29 is 13.5 Å². The molecule has 0 saturated carbocycles. The molecule has 6 nitrogen and oxygen atoms in total. The lowest BCUT2D eigenvalue weighted by atomic mass is 10.2. The third-order valence-electron chi connectivity index (χ3n) is 4.57. The number of thioether (sulfide) groups is 1. The number of alkyl halides is 2. The summed E-state index contributed by atoms with van der Waals surface area (Å²) in [6.45, 7) is 1.62. The minimum absolute atomic E-state index is 0.233. The van der Waals surface area contributed by atoms with Crippen LogP contribution in [0.15, 0.2) is 66.3 Å². The van der Waals surface area contributed by atoms with E-state index in [2.05, 4.69) is 21.8 Å². The number of imidazole rings is 1. The van der Waals surface area contributed by atoms with Gasteiger partial charge in [0.15, 0.2) is 11.0 Å². The molecule has 2 heterocycles. The van der Waals surface area contributed by atoms with E-state index in [1.807, 2.05) is 28.8 Å². The second kappa shape index (κ2) is 8.66. The van der Waals surface area contributed by atoms with E-state index < -0.39 is 6.55 Å². The number of nitrogens with zero attached hydrogens (tertiary/aromatic N) is 5. The van der Waals surface area contributed by atoms with Crippen LogP contribution < -0.4 is 4.74 Å². The molecule has 9 heteroatoms. The van der Waals surface area contributed by atoms with Crippen molar-refractivity contribution in [1.29, 1.82) is 0 Å². The van der Waals surface area contributed by atoms with Gasteiger partial charge in [-0.05, 0) is 36.4 Å². The van der Waals surface area contributed by atoms with Crippen LogP contribution in [0.2, 0.25) is 0 Å². The van der Waals surface area contributed by atoms with Crippen molar-refractivity contribution in [3.05, 3.63) is 67.0 Å². The van der Waals surface area contributed by atoms with E-state index in [0.717, 1.165) is 15.9 Å². The summed E-state index contributed by atoms with van der Waals surface area (Å²) in [6, 6.07) is 14.4. The molecule has 0 unspecified atom stereocenters. The van der Waals surface area contributed by atoms with Gasteiger partial charge in [0.1, 0.15) is 11.6 Å². The van der Waals surface area contributed by atoms with Crippen LogP contribution in [0.25, 0.3) is 22.4 Å². The number of hydrogen-bond donors (Lipinski definition) is 0. The van der Waals surface area contributed by atoms with Crippen LogP contribution >= 0.6 is 11.8 Å². The van der Waals surface area contributed by atoms with E-state index >= 15 is 0 Å². The van der Waals surface area contributed by atoms with Gasteiger partial charge in [-0.15, -0.1) is 16.8 Å². The molecule has 154 valence electrons. The Balaban J connectivity index is 1.64. The fraction of sp³-hybridized carbons (Fsp3) is 0.190. The summed E-state index contributed by atoms with van der Waals surface area (Å²) in [4.78, 5) is 4.38. The Hall–Kier alpha value is -3.20. The molecule has 0 atom stereocenters. The normalized spacial score (nSPS) is 11.3. The SMILES string of the molecule is C=CCn1c(SCc2nc3ccccc3n2C(F)F)nnc1-c1ccc(OC)cc1. The van der Waals surface area contributed by atoms with Crippen LogP contribution in [-0.4, -0.2) is 31.4 Å². The molecule has 2 aromatic carbocycles. The Morgan fingerprint density at radius 2 is 1.90 bits per heavy atom. The predicted octanol–water partition coefficient (Wildman–Crippen LogP) is 5.18. The summed E-state index contributed by atoms with van der Waals surface area (Å²) in [5.41, 5.74) is 1.83. The van der Waals surface area contributed by atoms with Gasteiger partial charge in [-0.1, -0.05) is 30.0 Å². The zero-order chi connectivity index (χ0) is 21.1. The summed E-state index contributed by atoms with van der Waals surface area (Å²) < 4.78 is 35.4. The quantitative estimate of drug-likeness (QED) is 0.287. The molecule has 4 aromatic rings. The number of fused-ring (bicyclic) bond motifs is 1. The first-order chi connectivity index (χ1) is 14.6. The van der Waals surface area contributed by atoms with Crippen LogP contribution in [0.3, 0.4) is 0 Å². The van der Waals surface area contributed by atoms with Gasteiger partial charge in [0.25, 0.3) is 0 Å². The fourth-order valence-electron chi connectivity index (χ4n) is 3.19. The second-order valence-corrected chi connectivity index (χ2v) is 7.33. The maximum Gasteiger partial charge on any atom is 0.320 e. The van der Waals surface area contributed by atoms with E-state index in [1.54, 1.807) is 37.5 Å². The van der Waals surface area contributed by atoms with Crippen molar-refractivity contribution >= 4 is 22.8 Å². The zero-order valence-corrected chi connectivity index (χ0v) is 17.0. The van der Waals surface area contributed by atoms with Gasteiger partial charge < -0.3 is 4.74 Å². The third-order valence-corrected chi connectivity index (χ3v) is 5.53. The highest BCUT2D eigenvalue weighted by atomic mass is 32.2. The second-order valence-electron chi connectivity index (χ2n) is 6.39. The minimum Gasteiger partial charge on any atom is -0.497 e. The monoisotopic (exact) mass is 427 g/mol. The Morgan fingerprint density at radius 1 is 1.13 bits per heavy atom. The molecule has 0 saturated heterocycles. The van der Waals surface area contributed by atoms with Gasteiger partial charge in [-0.3, -0.25) is 9.13 Å². The first-order valence-corrected chi connectivity index (χ1v) is 10.2. The summed E-state index contributed by atoms with van der Waals surface area (Å²) in [5.74, 6) is 1.93. The molecule has 0 aliphatic rings. The number of hydrogen-bond acceptors (Lipinski definition) is 5. The van der Waals surface area contributed by atoms with Crippen molar-refractivity contribution in [2.75, 3.05) is 7.11 Å². The lowest BCUT2D eigenvalue weighted by Crippen LogP contribution is -2.05. The smallest absolute Gasteiger partial charge is 0.320 e. The van der Waals surface area contributed by atoms with Crippen molar-refractivity contribution in [1.82, 2.24) is 24.3 Å². The number of benzene rings is 2. The molecule has 2 aromatic heterocycles. The van der Waals surface area contributed by atoms with E-state index in [9.17, 15) is 8.78 Å². The lowest BCUT2D eigenvalue weighted by Gasteiger charge is -2.09. The first kappa shape index (κ1) is 20.1. The summed E-state index contributed by atoms with van der Waals surface area (Å²) in [6.07, 6.45) is 1.74. The van der Waals surface area contributed by atoms with Crippen LogP contribution in [0.5, 0.6) is 5.75 Å². The van der Waals surface area contributed by atoms with E-state index in [0.29, 0.717) is 28.6 Å². The third kappa shape index (κ3) is 3.80. The predicted molar refractivity (Wildman–Crippen MR) is 113 cm³/mol. The van der Waals surface area contributed by atoms with Gasteiger partial charge in [0, 0.05) is 12.1 Å². The molecule has 0 spiro atoms. The largest absolute Gasteiger partial charge is 0.497 e. The number of aromatic nitrogens is 5. The summed E-state index contributed by atoms with van der Waals surface area (Å²) >= 11 is 1.31. The number of para-hydroxylation sites is 2. The summed E-state index contributed by atoms with van der Waals surface area (Å²) in [5, 5.41) is 9.18. The number of rotatable bonds is 8. The standard InChI is InChI=1S/C21H19F2N5OS/c1-3-12-27-19(14-8-10-15(29-2)11-9-14)25-26-21(27)30-13-18-24-16-6-4-5-7-17(16)28(18)20(22)23/h3-11,20H,1,12-13H2,2H3. The van der Waals surface area contributed by atoms with Crippen molar-refractivity contribution in [2.24, 2.45) is 0 Å². The van der Waals surface area contributed by atoms with Gasteiger partial charge >= 0.3 is 6.55 Å². The molecule has 0 amide bonds. The maximum absolute atomic E-state index is 13.7. The Bertz CT molecular complexity index is 1170. The molecular formula is C21H19F2N5OS. The fourth-order valence-corrected chi connectivity index (χ4v) is 4.06. The maximum atomic E-state index is 13.7. The van der Waals surface area contributed by atoms with Gasteiger partial charge in [-0.25, -0.2) is 4.98 Å². The first-order valence-electron chi connectivity index (χ1n) is 9.17. The Morgan fingerprint density at radius 3 is 2.60 bits per heavy atom. The lowest BCUT2D eigenvalue weighted by molar-refractivity contribution is 0.0722. The van der Waals surface area contributed by atoms with Crippen LogP contribution in [0, 0.1) is 0 Å². The molecular weight excluding hydrogens is 408 g/mol. The number of ether oxygens (including phenoxy) is 1. The number of allylic oxidation sites excluding steroid dienone is 1. The highest BCUT2D eigenvalue weighted by Crippen LogP contribution is 2.30. The van der Waals surface area contributed by atoms with Crippen LogP contribution in [0.4, 0.5) is 8.78 Å². The van der Waals surface area contributed by atoms with Crippen LogP contribution in [-0.2, 0) is 12.3 Å². The van der Waals surface area contributed by atoms with E-state index in [-0.39, 0.29) is 11.6 Å². The molecule has 0 aliphatic heterocycles. The highest BCUT2D eigenvalue weighted by Gasteiger charge is 2.19. The van der Waals surface area contributed by atoms with Gasteiger partial charge in [0.05, 0.1) is 23.9 Å². The number of methoxy groups -OCH3 is 1. The zero-order valence-electron chi connectivity index (χ0n) is 16.2. The molecule has 0 aliphatic carbocycles. The highest BCUT2D eigenvalue weighted by molar-refractivity contribution is 7.98. The Labute approximate surface area is 176 Å². The molecule has 4 rings (SSSR count). The average molecular weight is 427 g/mol. The number of halogens is 2. The van der Waals surface area contributed by atoms with Crippen molar-refractivity contribution in [2.45, 2.75) is 24.0 Å². The average Bonchev–Trinajstić information content (AvgIpc) is 3.33. The van der Waals surface area contributed by atoms with Gasteiger partial charge in [0.2, 0.25) is 0 Å². The van der Waals surface area contributed by atoms with E-state index in [4.69, 9.17) is 4.74 Å².